The molecule has 3 rings (SSSR count). The lowest BCUT2D eigenvalue weighted by Gasteiger charge is -2.12. The third kappa shape index (κ3) is 4.23. The summed E-state index contributed by atoms with van der Waals surface area (Å²) < 4.78 is 0. The summed E-state index contributed by atoms with van der Waals surface area (Å²) in [6.45, 7) is 2.91. The molecule has 1 atom stereocenters. The number of fused-ring (bicyclic) bond motifs is 1. The maximum atomic E-state index is 12.2. The normalized spacial score (nSPS) is 12.0. The van der Waals surface area contributed by atoms with Gasteiger partial charge in [-0.25, -0.2) is 0 Å². The topological polar surface area (TPSA) is 29.1 Å². The second-order valence-electron chi connectivity index (χ2n) is 6.31. The molecule has 1 N–H and O–H groups in total. The lowest BCUT2D eigenvalue weighted by atomic mass is 9.98. The fourth-order valence-corrected chi connectivity index (χ4v) is 2.97. The Balaban J connectivity index is 1.50. The largest absolute Gasteiger partial charge is 0.356 e. The Morgan fingerprint density at radius 1 is 0.917 bits per heavy atom. The van der Waals surface area contributed by atoms with E-state index >= 15 is 0 Å². The molecule has 0 aliphatic carbocycles. The van der Waals surface area contributed by atoms with E-state index in [1.54, 1.807) is 0 Å². The lowest BCUT2D eigenvalue weighted by molar-refractivity contribution is -0.120. The van der Waals surface area contributed by atoms with E-state index in [1.165, 1.54) is 16.3 Å². The van der Waals surface area contributed by atoms with Gasteiger partial charge in [-0.15, -0.1) is 0 Å². The van der Waals surface area contributed by atoms with Crippen LogP contribution in [0.1, 0.15) is 30.4 Å². The van der Waals surface area contributed by atoms with E-state index in [-0.39, 0.29) is 5.91 Å². The zero-order valence-electron chi connectivity index (χ0n) is 14.0. The first-order chi connectivity index (χ1) is 11.7. The van der Waals surface area contributed by atoms with Crippen LogP contribution in [0.25, 0.3) is 10.8 Å². The van der Waals surface area contributed by atoms with Gasteiger partial charge in [-0.2, -0.15) is 0 Å². The number of rotatable bonds is 6. The maximum absolute atomic E-state index is 12.2. The maximum Gasteiger partial charge on any atom is 0.224 e. The Kier molecular flexibility index (Phi) is 5.27. The van der Waals surface area contributed by atoms with E-state index in [4.69, 9.17) is 0 Å². The quantitative estimate of drug-likeness (QED) is 0.702. The van der Waals surface area contributed by atoms with Crippen LogP contribution in [0.2, 0.25) is 0 Å². The van der Waals surface area contributed by atoms with Crippen LogP contribution in [0.15, 0.2) is 72.8 Å². The zero-order valence-corrected chi connectivity index (χ0v) is 14.0. The molecule has 0 bridgehead atoms. The number of benzene rings is 3. The van der Waals surface area contributed by atoms with Crippen molar-refractivity contribution >= 4 is 16.7 Å². The molecule has 3 aromatic rings. The van der Waals surface area contributed by atoms with Gasteiger partial charge in [0.05, 0.1) is 6.42 Å². The van der Waals surface area contributed by atoms with Gasteiger partial charge in [0.15, 0.2) is 0 Å². The molecule has 0 saturated carbocycles. The van der Waals surface area contributed by atoms with Crippen LogP contribution in [-0.4, -0.2) is 12.5 Å². The molecule has 0 fully saturated rings. The van der Waals surface area contributed by atoms with Crippen molar-refractivity contribution in [1.29, 1.82) is 0 Å². The summed E-state index contributed by atoms with van der Waals surface area (Å²) in [7, 11) is 0. The minimum Gasteiger partial charge on any atom is -0.356 e. The smallest absolute Gasteiger partial charge is 0.224 e. The van der Waals surface area contributed by atoms with E-state index in [0.717, 1.165) is 12.0 Å². The highest BCUT2D eigenvalue weighted by Gasteiger charge is 2.07. The molecule has 1 amide bonds. The van der Waals surface area contributed by atoms with Gasteiger partial charge in [-0.1, -0.05) is 79.7 Å². The molecule has 0 saturated heterocycles. The average molecular weight is 317 g/mol. The van der Waals surface area contributed by atoms with Crippen molar-refractivity contribution in [2.24, 2.45) is 0 Å². The number of hydrogen-bond donors (Lipinski definition) is 1. The van der Waals surface area contributed by atoms with Gasteiger partial charge >= 0.3 is 0 Å². The summed E-state index contributed by atoms with van der Waals surface area (Å²) in [6, 6.07) is 24.9. The first-order valence-corrected chi connectivity index (χ1v) is 8.52. The number of amides is 1. The molecule has 0 aliphatic heterocycles. The van der Waals surface area contributed by atoms with Crippen LogP contribution in [0.3, 0.4) is 0 Å². The van der Waals surface area contributed by atoms with Crippen molar-refractivity contribution in [3.05, 3.63) is 83.9 Å². The van der Waals surface area contributed by atoms with Gasteiger partial charge in [0.1, 0.15) is 0 Å². The SMILES string of the molecule is CC(CCNC(=O)Cc1ccc2ccccc2c1)c1ccccc1. The van der Waals surface area contributed by atoms with E-state index in [9.17, 15) is 4.79 Å². The van der Waals surface area contributed by atoms with Crippen LogP contribution in [-0.2, 0) is 11.2 Å². The van der Waals surface area contributed by atoms with Gasteiger partial charge in [-0.05, 0) is 34.2 Å². The molecule has 3 aromatic carbocycles. The van der Waals surface area contributed by atoms with Gasteiger partial charge in [-0.3, -0.25) is 4.79 Å². The highest BCUT2D eigenvalue weighted by molar-refractivity contribution is 5.85. The van der Waals surface area contributed by atoms with Crippen LogP contribution < -0.4 is 5.32 Å². The van der Waals surface area contributed by atoms with Crippen LogP contribution in [0, 0.1) is 0 Å². The van der Waals surface area contributed by atoms with Crippen molar-refractivity contribution < 1.29 is 4.79 Å². The minimum absolute atomic E-state index is 0.0885. The lowest BCUT2D eigenvalue weighted by Crippen LogP contribution is -2.26. The third-order valence-corrected chi connectivity index (χ3v) is 4.45. The van der Waals surface area contributed by atoms with E-state index in [0.29, 0.717) is 18.9 Å². The first-order valence-electron chi connectivity index (χ1n) is 8.52. The molecule has 0 spiro atoms. The van der Waals surface area contributed by atoms with Crippen LogP contribution >= 0.6 is 0 Å². The van der Waals surface area contributed by atoms with Crippen molar-refractivity contribution in [2.75, 3.05) is 6.54 Å². The van der Waals surface area contributed by atoms with Gasteiger partial charge in [0.25, 0.3) is 0 Å². The minimum atomic E-state index is 0.0885. The summed E-state index contributed by atoms with van der Waals surface area (Å²) in [5, 5.41) is 5.43. The molecule has 0 aromatic heterocycles. The second-order valence-corrected chi connectivity index (χ2v) is 6.31. The molecule has 0 heterocycles. The van der Waals surface area contributed by atoms with E-state index < -0.39 is 0 Å². The summed E-state index contributed by atoms with van der Waals surface area (Å²) >= 11 is 0. The Labute approximate surface area is 143 Å². The van der Waals surface area contributed by atoms with Gasteiger partial charge in [0, 0.05) is 6.54 Å². The number of nitrogens with one attached hydrogen (secondary N) is 1. The van der Waals surface area contributed by atoms with Crippen molar-refractivity contribution in [3.8, 4) is 0 Å². The monoisotopic (exact) mass is 317 g/mol. The Morgan fingerprint density at radius 3 is 2.42 bits per heavy atom. The summed E-state index contributed by atoms with van der Waals surface area (Å²) in [4.78, 5) is 12.2. The molecule has 2 heteroatoms. The number of hydrogen-bond acceptors (Lipinski definition) is 1. The highest BCUT2D eigenvalue weighted by Crippen LogP contribution is 2.18. The number of carbonyl (C=O) groups excluding carboxylic acids is 1. The van der Waals surface area contributed by atoms with Gasteiger partial charge in [0.2, 0.25) is 5.91 Å². The molecule has 0 aliphatic rings. The molecule has 0 radical (unpaired) electrons. The third-order valence-electron chi connectivity index (χ3n) is 4.45. The van der Waals surface area contributed by atoms with Crippen molar-refractivity contribution in [1.82, 2.24) is 5.32 Å². The van der Waals surface area contributed by atoms with E-state index in [1.807, 2.05) is 24.3 Å². The predicted octanol–water partition coefficient (Wildman–Crippen LogP) is 4.69. The Hall–Kier alpha value is -2.61. The Morgan fingerprint density at radius 2 is 1.62 bits per heavy atom. The summed E-state index contributed by atoms with van der Waals surface area (Å²) in [5.41, 5.74) is 2.38. The van der Waals surface area contributed by atoms with Crippen molar-refractivity contribution in [2.45, 2.75) is 25.7 Å². The summed E-state index contributed by atoms with van der Waals surface area (Å²) in [6.07, 6.45) is 1.39. The molecule has 24 heavy (non-hydrogen) atoms. The molecule has 2 nitrogen and oxygen atoms in total. The molecule has 122 valence electrons. The number of carbonyl (C=O) groups is 1. The highest BCUT2D eigenvalue weighted by atomic mass is 16.1. The van der Waals surface area contributed by atoms with Crippen molar-refractivity contribution in [3.63, 3.8) is 0 Å². The van der Waals surface area contributed by atoms with E-state index in [2.05, 4.69) is 60.8 Å². The molecular weight excluding hydrogens is 294 g/mol. The molecule has 1 unspecified atom stereocenters. The fourth-order valence-electron chi connectivity index (χ4n) is 2.97. The van der Waals surface area contributed by atoms with Gasteiger partial charge < -0.3 is 5.32 Å². The first kappa shape index (κ1) is 16.3. The standard InChI is InChI=1S/C22H23NO/c1-17(19-7-3-2-4-8-19)13-14-23-22(24)16-18-11-12-20-9-5-6-10-21(20)15-18/h2-12,15,17H,13-14,16H2,1H3,(H,23,24). The second kappa shape index (κ2) is 7.78. The van der Waals surface area contributed by atoms with Crippen LogP contribution in [0.5, 0.6) is 0 Å². The van der Waals surface area contributed by atoms with Crippen LogP contribution in [0.4, 0.5) is 0 Å². The summed E-state index contributed by atoms with van der Waals surface area (Å²) in [5.74, 6) is 0.540. The molecular formula is C22H23NO. The Bertz CT molecular complexity index is 810. The average Bonchev–Trinajstić information content (AvgIpc) is 2.62. The predicted molar refractivity (Wildman–Crippen MR) is 100 cm³/mol. The zero-order chi connectivity index (χ0) is 16.8. The fraction of sp³-hybridized carbons (Fsp3) is 0.227.